The summed E-state index contributed by atoms with van der Waals surface area (Å²) in [6.45, 7) is 1.75. The van der Waals surface area contributed by atoms with Crippen molar-refractivity contribution in [2.45, 2.75) is 57.3 Å². The number of rotatable bonds is 4. The van der Waals surface area contributed by atoms with E-state index in [9.17, 15) is 4.79 Å². The molecule has 1 atom stereocenters. The van der Waals surface area contributed by atoms with Gasteiger partial charge in [0.15, 0.2) is 0 Å². The zero-order chi connectivity index (χ0) is 17.8. The van der Waals surface area contributed by atoms with Crippen molar-refractivity contribution in [2.24, 2.45) is 5.92 Å². The van der Waals surface area contributed by atoms with Gasteiger partial charge in [-0.15, -0.1) is 21.5 Å². The summed E-state index contributed by atoms with van der Waals surface area (Å²) < 4.78 is 0. The average molecular weight is 370 g/mol. The Labute approximate surface area is 159 Å². The Hall–Kier alpha value is -1.75. The number of carbonyl (C=O) groups is 1. The van der Waals surface area contributed by atoms with E-state index in [-0.39, 0.29) is 5.92 Å². The molecule has 0 spiro atoms. The van der Waals surface area contributed by atoms with E-state index in [1.807, 2.05) is 6.07 Å². The average Bonchev–Trinajstić information content (AvgIpc) is 3.17. The fourth-order valence-electron chi connectivity index (χ4n) is 4.26. The van der Waals surface area contributed by atoms with Gasteiger partial charge >= 0.3 is 0 Å². The largest absolute Gasteiger partial charge is 0.342 e. The molecule has 5 heteroatoms. The highest BCUT2D eigenvalue weighted by Crippen LogP contribution is 2.32. The minimum atomic E-state index is 0.269. The number of hydrogen-bond donors (Lipinski definition) is 0. The molecule has 26 heavy (non-hydrogen) atoms. The normalized spacial score (nSPS) is 21.7. The molecule has 1 saturated heterocycles. The van der Waals surface area contributed by atoms with Crippen LogP contribution in [0, 0.1) is 5.92 Å². The highest BCUT2D eigenvalue weighted by atomic mass is 32.1. The Balaban J connectivity index is 1.39. The lowest BCUT2D eigenvalue weighted by Crippen LogP contribution is -2.42. The number of amides is 1. The highest BCUT2D eigenvalue weighted by molar-refractivity contribution is 7.11. The van der Waals surface area contributed by atoms with E-state index >= 15 is 0 Å². The first-order valence-corrected chi connectivity index (χ1v) is 10.8. The lowest BCUT2D eigenvalue weighted by Gasteiger charge is -2.35. The van der Waals surface area contributed by atoms with Crippen molar-refractivity contribution >= 4 is 17.2 Å². The molecule has 2 fully saturated rings. The van der Waals surface area contributed by atoms with Gasteiger partial charge in [-0.05, 0) is 31.2 Å². The van der Waals surface area contributed by atoms with Gasteiger partial charge in [0.05, 0.1) is 0 Å². The zero-order valence-corrected chi connectivity index (χ0v) is 16.1. The van der Waals surface area contributed by atoms with Crippen LogP contribution in [0.25, 0.3) is 0 Å². The van der Waals surface area contributed by atoms with E-state index in [0.29, 0.717) is 11.8 Å². The second-order valence-corrected chi connectivity index (χ2v) is 8.75. The number of piperidine rings is 1. The summed E-state index contributed by atoms with van der Waals surface area (Å²) in [7, 11) is 0. The van der Waals surface area contributed by atoms with Crippen LogP contribution >= 0.6 is 11.3 Å². The Morgan fingerprint density at radius 1 is 1.04 bits per heavy atom. The van der Waals surface area contributed by atoms with E-state index in [2.05, 4.69) is 39.4 Å². The van der Waals surface area contributed by atoms with Crippen molar-refractivity contribution in [3.63, 3.8) is 0 Å². The molecule has 0 radical (unpaired) electrons. The van der Waals surface area contributed by atoms with Gasteiger partial charge in [-0.25, -0.2) is 0 Å². The number of nitrogens with zero attached hydrogens (tertiary/aromatic N) is 3. The first-order valence-electron chi connectivity index (χ1n) is 9.94. The molecular weight excluding hydrogens is 342 g/mol. The van der Waals surface area contributed by atoms with Gasteiger partial charge in [-0.3, -0.25) is 4.79 Å². The smallest absolute Gasteiger partial charge is 0.225 e. The van der Waals surface area contributed by atoms with Gasteiger partial charge in [-0.2, -0.15) is 0 Å². The summed E-state index contributed by atoms with van der Waals surface area (Å²) in [4.78, 5) is 15.0. The maximum atomic E-state index is 12.9. The monoisotopic (exact) mass is 369 g/mol. The van der Waals surface area contributed by atoms with E-state index in [1.165, 1.54) is 24.8 Å². The van der Waals surface area contributed by atoms with E-state index < -0.39 is 0 Å². The van der Waals surface area contributed by atoms with Crippen LogP contribution in [0.2, 0.25) is 0 Å². The zero-order valence-electron chi connectivity index (χ0n) is 15.3. The molecule has 4 rings (SSSR count). The van der Waals surface area contributed by atoms with E-state index in [1.54, 1.807) is 11.3 Å². The van der Waals surface area contributed by atoms with Gasteiger partial charge in [0.2, 0.25) is 5.91 Å². The Morgan fingerprint density at radius 2 is 1.85 bits per heavy atom. The van der Waals surface area contributed by atoms with Crippen molar-refractivity contribution in [3.8, 4) is 0 Å². The molecule has 1 saturated carbocycles. The lowest BCUT2D eigenvalue weighted by molar-refractivity contribution is -0.137. The first kappa shape index (κ1) is 17.7. The van der Waals surface area contributed by atoms with Gasteiger partial charge in [0, 0.05) is 31.3 Å². The summed E-state index contributed by atoms with van der Waals surface area (Å²) in [6, 6.07) is 10.4. The van der Waals surface area contributed by atoms with Gasteiger partial charge in [-0.1, -0.05) is 49.6 Å². The Bertz CT molecular complexity index is 724. The quantitative estimate of drug-likeness (QED) is 0.802. The molecule has 2 aliphatic rings. The standard InChI is InChI=1S/C21H27N3OS/c25-21(17-10-5-2-6-11-17)24-13-7-12-18(15-24)20-23-22-19(26-20)14-16-8-3-1-4-9-16/h1,3-4,8-9,17-18H,2,5-7,10-15H2. The van der Waals surface area contributed by atoms with Crippen LogP contribution < -0.4 is 0 Å². The van der Waals surface area contributed by atoms with Crippen molar-refractivity contribution in [3.05, 3.63) is 45.9 Å². The van der Waals surface area contributed by atoms with Crippen LogP contribution in [0.4, 0.5) is 0 Å². The van der Waals surface area contributed by atoms with Crippen molar-refractivity contribution in [2.75, 3.05) is 13.1 Å². The van der Waals surface area contributed by atoms with E-state index in [4.69, 9.17) is 0 Å². The number of aromatic nitrogens is 2. The third-order valence-corrected chi connectivity index (χ3v) is 6.80. The summed E-state index contributed by atoms with van der Waals surface area (Å²) in [5.41, 5.74) is 1.27. The minimum absolute atomic E-state index is 0.269. The van der Waals surface area contributed by atoms with Crippen LogP contribution in [-0.4, -0.2) is 34.1 Å². The molecule has 138 valence electrons. The number of benzene rings is 1. The molecule has 1 aliphatic carbocycles. The predicted octanol–water partition coefficient (Wildman–Crippen LogP) is 4.42. The summed E-state index contributed by atoms with van der Waals surface area (Å²) in [6.07, 6.45) is 8.93. The highest BCUT2D eigenvalue weighted by Gasteiger charge is 2.31. The van der Waals surface area contributed by atoms with Crippen LogP contribution in [0.5, 0.6) is 0 Å². The molecule has 4 nitrogen and oxygen atoms in total. The molecule has 2 heterocycles. The van der Waals surface area contributed by atoms with Crippen molar-refractivity contribution in [1.82, 2.24) is 15.1 Å². The molecule has 1 aromatic carbocycles. The van der Waals surface area contributed by atoms with Crippen LogP contribution in [0.1, 0.15) is 66.4 Å². The van der Waals surface area contributed by atoms with E-state index in [0.717, 1.165) is 55.2 Å². The molecule has 1 amide bonds. The van der Waals surface area contributed by atoms with Crippen LogP contribution in [0.15, 0.2) is 30.3 Å². The first-order chi connectivity index (χ1) is 12.8. The van der Waals surface area contributed by atoms with Gasteiger partial charge in [0.1, 0.15) is 10.0 Å². The van der Waals surface area contributed by atoms with Crippen molar-refractivity contribution < 1.29 is 4.79 Å². The summed E-state index contributed by atoms with van der Waals surface area (Å²) in [5, 5.41) is 11.1. The molecule has 0 bridgehead atoms. The topological polar surface area (TPSA) is 46.1 Å². The molecule has 1 aromatic heterocycles. The van der Waals surface area contributed by atoms with Crippen LogP contribution in [-0.2, 0) is 11.2 Å². The Kier molecular flexibility index (Phi) is 5.63. The third-order valence-electron chi connectivity index (χ3n) is 5.72. The fraction of sp³-hybridized carbons (Fsp3) is 0.571. The third kappa shape index (κ3) is 4.14. The molecule has 1 unspecified atom stereocenters. The predicted molar refractivity (Wildman–Crippen MR) is 104 cm³/mol. The lowest BCUT2D eigenvalue weighted by atomic mass is 9.87. The summed E-state index contributed by atoms with van der Waals surface area (Å²) >= 11 is 1.72. The molecule has 1 aliphatic heterocycles. The SMILES string of the molecule is O=C(C1CCCCC1)N1CCCC(c2nnc(Cc3ccccc3)s2)C1. The number of carbonyl (C=O) groups excluding carboxylic acids is 1. The number of likely N-dealkylation sites (tertiary alicyclic amines) is 1. The molecule has 2 aromatic rings. The molecular formula is C21H27N3OS. The Morgan fingerprint density at radius 3 is 2.65 bits per heavy atom. The maximum absolute atomic E-state index is 12.9. The van der Waals surface area contributed by atoms with Crippen molar-refractivity contribution in [1.29, 1.82) is 0 Å². The summed E-state index contributed by atoms with van der Waals surface area (Å²) in [5.74, 6) is 1.02. The van der Waals surface area contributed by atoms with Crippen LogP contribution in [0.3, 0.4) is 0 Å². The molecule has 0 N–H and O–H groups in total. The fourth-order valence-corrected chi connectivity index (χ4v) is 5.26. The maximum Gasteiger partial charge on any atom is 0.225 e. The van der Waals surface area contributed by atoms with Gasteiger partial charge < -0.3 is 4.90 Å². The minimum Gasteiger partial charge on any atom is -0.342 e. The second-order valence-electron chi connectivity index (χ2n) is 7.65. The second kappa shape index (κ2) is 8.30. The van der Waals surface area contributed by atoms with Gasteiger partial charge in [0.25, 0.3) is 0 Å². The number of hydrogen-bond acceptors (Lipinski definition) is 4.